The molecule has 0 aliphatic rings. The second-order valence-electron chi connectivity index (χ2n) is 3.58. The van der Waals surface area contributed by atoms with Crippen LogP contribution in [0, 0.1) is 5.82 Å². The van der Waals surface area contributed by atoms with Crippen molar-refractivity contribution < 1.29 is 4.39 Å². The smallest absolute Gasteiger partial charge is 0.123 e. The monoisotopic (exact) mass is 210 g/mol. The molecule has 1 aromatic carbocycles. The van der Waals surface area contributed by atoms with Gasteiger partial charge < -0.3 is 10.6 Å². The quantitative estimate of drug-likeness (QED) is 0.667. The SMILES string of the molecule is CNCCCNCCc1ccc(F)cc1. The lowest BCUT2D eigenvalue weighted by Gasteiger charge is -2.04. The fourth-order valence-electron chi connectivity index (χ4n) is 1.40. The lowest BCUT2D eigenvalue weighted by atomic mass is 10.1. The Morgan fingerprint density at radius 1 is 1.07 bits per heavy atom. The van der Waals surface area contributed by atoms with E-state index < -0.39 is 0 Å². The Morgan fingerprint density at radius 2 is 1.80 bits per heavy atom. The third-order valence-electron chi connectivity index (χ3n) is 2.28. The Hall–Kier alpha value is -0.930. The number of nitrogens with one attached hydrogen (secondary N) is 2. The Kier molecular flexibility index (Phi) is 5.97. The summed E-state index contributed by atoms with van der Waals surface area (Å²) in [4.78, 5) is 0. The van der Waals surface area contributed by atoms with Crippen molar-refractivity contribution in [3.05, 3.63) is 35.6 Å². The van der Waals surface area contributed by atoms with Crippen molar-refractivity contribution in [1.82, 2.24) is 10.6 Å². The van der Waals surface area contributed by atoms with Crippen molar-refractivity contribution in [3.8, 4) is 0 Å². The molecule has 0 radical (unpaired) electrons. The summed E-state index contributed by atoms with van der Waals surface area (Å²) >= 11 is 0. The number of benzene rings is 1. The average Bonchev–Trinajstić information content (AvgIpc) is 2.26. The molecule has 0 unspecified atom stereocenters. The average molecular weight is 210 g/mol. The molecule has 0 fully saturated rings. The first-order valence-electron chi connectivity index (χ1n) is 5.42. The molecule has 2 N–H and O–H groups in total. The molecule has 0 spiro atoms. The molecule has 3 heteroatoms. The van der Waals surface area contributed by atoms with Crippen LogP contribution < -0.4 is 10.6 Å². The van der Waals surface area contributed by atoms with Gasteiger partial charge >= 0.3 is 0 Å². The predicted molar refractivity (Wildman–Crippen MR) is 61.5 cm³/mol. The van der Waals surface area contributed by atoms with Gasteiger partial charge in [0.15, 0.2) is 0 Å². The summed E-state index contributed by atoms with van der Waals surface area (Å²) in [6.45, 7) is 3.03. The predicted octanol–water partition coefficient (Wildman–Crippen LogP) is 1.57. The molecule has 15 heavy (non-hydrogen) atoms. The van der Waals surface area contributed by atoms with Crippen LogP contribution in [-0.4, -0.2) is 26.7 Å². The van der Waals surface area contributed by atoms with E-state index in [1.807, 2.05) is 19.2 Å². The van der Waals surface area contributed by atoms with Crippen LogP contribution in [0.2, 0.25) is 0 Å². The minimum Gasteiger partial charge on any atom is -0.320 e. The number of hydrogen-bond donors (Lipinski definition) is 2. The molecular formula is C12H19FN2. The first-order valence-corrected chi connectivity index (χ1v) is 5.42. The van der Waals surface area contributed by atoms with E-state index in [9.17, 15) is 4.39 Å². The molecule has 0 saturated carbocycles. The minimum absolute atomic E-state index is 0.166. The largest absolute Gasteiger partial charge is 0.320 e. The maximum Gasteiger partial charge on any atom is 0.123 e. The number of halogens is 1. The zero-order chi connectivity index (χ0) is 10.9. The van der Waals surface area contributed by atoms with Crippen LogP contribution in [-0.2, 0) is 6.42 Å². The second kappa shape index (κ2) is 7.37. The van der Waals surface area contributed by atoms with Crippen LogP contribution in [0.3, 0.4) is 0 Å². The topological polar surface area (TPSA) is 24.1 Å². The second-order valence-corrected chi connectivity index (χ2v) is 3.58. The van der Waals surface area contributed by atoms with Gasteiger partial charge in [-0.1, -0.05) is 12.1 Å². The van der Waals surface area contributed by atoms with Crippen molar-refractivity contribution in [3.63, 3.8) is 0 Å². The van der Waals surface area contributed by atoms with Crippen LogP contribution in [0.4, 0.5) is 4.39 Å². The van der Waals surface area contributed by atoms with Crippen LogP contribution in [0.25, 0.3) is 0 Å². The molecule has 0 aromatic heterocycles. The van der Waals surface area contributed by atoms with Crippen molar-refractivity contribution in [2.75, 3.05) is 26.7 Å². The van der Waals surface area contributed by atoms with E-state index in [4.69, 9.17) is 0 Å². The first kappa shape index (κ1) is 12.1. The Morgan fingerprint density at radius 3 is 2.47 bits per heavy atom. The van der Waals surface area contributed by atoms with Crippen molar-refractivity contribution in [2.45, 2.75) is 12.8 Å². The van der Waals surface area contributed by atoms with E-state index in [2.05, 4.69) is 10.6 Å². The highest BCUT2D eigenvalue weighted by Crippen LogP contribution is 2.02. The number of hydrogen-bond acceptors (Lipinski definition) is 2. The van der Waals surface area contributed by atoms with Gasteiger partial charge in [-0.05, 0) is 57.2 Å². The molecule has 0 amide bonds. The van der Waals surface area contributed by atoms with E-state index in [0.29, 0.717) is 0 Å². The van der Waals surface area contributed by atoms with Gasteiger partial charge in [0.2, 0.25) is 0 Å². The summed E-state index contributed by atoms with van der Waals surface area (Å²) in [6.07, 6.45) is 2.10. The highest BCUT2D eigenvalue weighted by atomic mass is 19.1. The van der Waals surface area contributed by atoms with Crippen molar-refractivity contribution >= 4 is 0 Å². The van der Waals surface area contributed by atoms with Crippen molar-refractivity contribution in [2.24, 2.45) is 0 Å². The molecule has 0 aliphatic heterocycles. The maximum atomic E-state index is 12.6. The summed E-state index contributed by atoms with van der Waals surface area (Å²) < 4.78 is 12.6. The standard InChI is InChI=1S/C12H19FN2/c1-14-8-2-9-15-10-7-11-3-5-12(13)6-4-11/h3-6,14-15H,2,7-10H2,1H3. The number of rotatable bonds is 7. The summed E-state index contributed by atoms with van der Waals surface area (Å²) in [5.41, 5.74) is 1.18. The normalized spacial score (nSPS) is 10.5. The van der Waals surface area contributed by atoms with Gasteiger partial charge in [-0.2, -0.15) is 0 Å². The van der Waals surface area contributed by atoms with Crippen LogP contribution in [0.5, 0.6) is 0 Å². The van der Waals surface area contributed by atoms with Gasteiger partial charge in [0.05, 0.1) is 0 Å². The summed E-state index contributed by atoms with van der Waals surface area (Å²) in [6, 6.07) is 6.70. The molecule has 0 heterocycles. The lowest BCUT2D eigenvalue weighted by molar-refractivity contribution is 0.619. The zero-order valence-electron chi connectivity index (χ0n) is 9.22. The summed E-state index contributed by atoms with van der Waals surface area (Å²) in [7, 11) is 1.96. The third-order valence-corrected chi connectivity index (χ3v) is 2.28. The Balaban J connectivity index is 2.07. The van der Waals surface area contributed by atoms with Gasteiger partial charge in [-0.3, -0.25) is 0 Å². The fraction of sp³-hybridized carbons (Fsp3) is 0.500. The van der Waals surface area contributed by atoms with E-state index in [1.165, 1.54) is 17.7 Å². The zero-order valence-corrected chi connectivity index (χ0v) is 9.22. The van der Waals surface area contributed by atoms with Gasteiger partial charge in [0, 0.05) is 0 Å². The van der Waals surface area contributed by atoms with Gasteiger partial charge in [0.1, 0.15) is 5.82 Å². The fourth-order valence-corrected chi connectivity index (χ4v) is 1.40. The Bertz CT molecular complexity index is 259. The van der Waals surface area contributed by atoms with Gasteiger partial charge in [-0.25, -0.2) is 4.39 Å². The van der Waals surface area contributed by atoms with Crippen molar-refractivity contribution in [1.29, 1.82) is 0 Å². The van der Waals surface area contributed by atoms with E-state index in [1.54, 1.807) is 0 Å². The highest BCUT2D eigenvalue weighted by Gasteiger charge is 1.93. The minimum atomic E-state index is -0.166. The molecule has 84 valence electrons. The van der Waals surface area contributed by atoms with Gasteiger partial charge in [0.25, 0.3) is 0 Å². The molecule has 0 aliphatic carbocycles. The molecule has 0 bridgehead atoms. The van der Waals surface area contributed by atoms with Crippen LogP contribution in [0.1, 0.15) is 12.0 Å². The molecule has 1 aromatic rings. The molecule has 1 rings (SSSR count). The molecule has 0 saturated heterocycles. The third kappa shape index (κ3) is 5.50. The van der Waals surface area contributed by atoms with E-state index in [-0.39, 0.29) is 5.82 Å². The first-order chi connectivity index (χ1) is 7.33. The maximum absolute atomic E-state index is 12.6. The highest BCUT2D eigenvalue weighted by molar-refractivity contribution is 5.16. The summed E-state index contributed by atoms with van der Waals surface area (Å²) in [5.74, 6) is -0.166. The van der Waals surface area contributed by atoms with E-state index >= 15 is 0 Å². The van der Waals surface area contributed by atoms with Crippen LogP contribution in [0.15, 0.2) is 24.3 Å². The van der Waals surface area contributed by atoms with Crippen LogP contribution >= 0.6 is 0 Å². The van der Waals surface area contributed by atoms with Gasteiger partial charge in [-0.15, -0.1) is 0 Å². The molecule has 2 nitrogen and oxygen atoms in total. The Labute approximate surface area is 90.9 Å². The molecule has 0 atom stereocenters. The molecular weight excluding hydrogens is 191 g/mol. The lowest BCUT2D eigenvalue weighted by Crippen LogP contribution is -2.21. The van der Waals surface area contributed by atoms with E-state index in [0.717, 1.165) is 32.5 Å². The summed E-state index contributed by atoms with van der Waals surface area (Å²) in [5, 5.41) is 6.45.